The molecular formula is C9H13NO3. The summed E-state index contributed by atoms with van der Waals surface area (Å²) in [6.07, 6.45) is 0.658. The molecule has 0 aromatic heterocycles. The molecule has 4 heteroatoms. The maximum absolute atomic E-state index is 10.9. The average Bonchev–Trinajstić information content (AvgIpc) is 2.04. The minimum atomic E-state index is -0.874. The Labute approximate surface area is 77.3 Å². The van der Waals surface area contributed by atoms with Crippen LogP contribution in [-0.4, -0.2) is 23.5 Å². The highest BCUT2D eigenvalue weighted by Crippen LogP contribution is 1.94. The predicted octanol–water partition coefficient (Wildman–Crippen LogP) is 0.381. The molecular weight excluding hydrogens is 170 g/mol. The first-order valence-electron chi connectivity index (χ1n) is 4.05. The smallest absolute Gasteiger partial charge is 0.303 e. The summed E-state index contributed by atoms with van der Waals surface area (Å²) in [5.41, 5.74) is 0. The monoisotopic (exact) mass is 183 g/mol. The number of carboxylic acid groups (broad SMARTS) is 1. The minimum absolute atomic E-state index is 0.0346. The van der Waals surface area contributed by atoms with Crippen molar-refractivity contribution in [3.05, 3.63) is 0 Å². The van der Waals surface area contributed by atoms with Crippen LogP contribution in [0.2, 0.25) is 0 Å². The highest BCUT2D eigenvalue weighted by atomic mass is 16.4. The summed E-state index contributed by atoms with van der Waals surface area (Å²) in [5, 5.41) is 10.8. The van der Waals surface area contributed by atoms with Crippen molar-refractivity contribution in [2.75, 3.05) is 6.54 Å². The van der Waals surface area contributed by atoms with Crippen LogP contribution in [-0.2, 0) is 9.59 Å². The first kappa shape index (κ1) is 11.5. The number of rotatable bonds is 5. The molecule has 0 aliphatic carbocycles. The van der Waals surface area contributed by atoms with E-state index in [0.717, 1.165) is 0 Å². The van der Waals surface area contributed by atoms with Gasteiger partial charge in [0, 0.05) is 12.8 Å². The number of amides is 1. The summed E-state index contributed by atoms with van der Waals surface area (Å²) >= 11 is 0. The van der Waals surface area contributed by atoms with E-state index < -0.39 is 5.97 Å². The van der Waals surface area contributed by atoms with Crippen LogP contribution in [0, 0.1) is 11.8 Å². The molecule has 72 valence electrons. The lowest BCUT2D eigenvalue weighted by molar-refractivity contribution is -0.137. The van der Waals surface area contributed by atoms with Gasteiger partial charge >= 0.3 is 5.97 Å². The quantitative estimate of drug-likeness (QED) is 0.605. The normalized spacial score (nSPS) is 8.38. The van der Waals surface area contributed by atoms with Crippen LogP contribution in [0.3, 0.4) is 0 Å². The van der Waals surface area contributed by atoms with Crippen molar-refractivity contribution in [3.8, 4) is 11.8 Å². The van der Waals surface area contributed by atoms with Crippen LogP contribution >= 0.6 is 0 Å². The number of carbonyl (C=O) groups excluding carboxylic acids is 1. The molecule has 2 N–H and O–H groups in total. The minimum Gasteiger partial charge on any atom is -0.481 e. The van der Waals surface area contributed by atoms with E-state index in [0.29, 0.717) is 13.0 Å². The van der Waals surface area contributed by atoms with Gasteiger partial charge in [-0.15, -0.1) is 5.92 Å². The third-order valence-electron chi connectivity index (χ3n) is 1.35. The van der Waals surface area contributed by atoms with Gasteiger partial charge in [0.05, 0.1) is 6.54 Å². The zero-order chi connectivity index (χ0) is 10.1. The number of aliphatic carboxylic acids is 1. The van der Waals surface area contributed by atoms with Gasteiger partial charge in [0.15, 0.2) is 0 Å². The fraction of sp³-hybridized carbons (Fsp3) is 0.556. The molecule has 0 saturated carbocycles. The maximum atomic E-state index is 10.9. The summed E-state index contributed by atoms with van der Waals surface area (Å²) in [5.74, 6) is 4.30. The van der Waals surface area contributed by atoms with Crippen LogP contribution < -0.4 is 5.32 Å². The van der Waals surface area contributed by atoms with Crippen molar-refractivity contribution in [1.29, 1.82) is 0 Å². The third-order valence-corrected chi connectivity index (χ3v) is 1.35. The average molecular weight is 183 g/mol. The van der Waals surface area contributed by atoms with Gasteiger partial charge in [0.2, 0.25) is 5.91 Å². The molecule has 0 radical (unpaired) electrons. The molecule has 0 heterocycles. The third kappa shape index (κ3) is 8.41. The Morgan fingerprint density at radius 3 is 2.62 bits per heavy atom. The topological polar surface area (TPSA) is 66.4 Å². The fourth-order valence-corrected chi connectivity index (χ4v) is 0.720. The summed E-state index contributed by atoms with van der Waals surface area (Å²) in [4.78, 5) is 21.0. The van der Waals surface area contributed by atoms with Crippen molar-refractivity contribution >= 4 is 11.9 Å². The molecule has 0 unspecified atom stereocenters. The summed E-state index contributed by atoms with van der Waals surface area (Å²) in [7, 11) is 0. The lowest BCUT2D eigenvalue weighted by Crippen LogP contribution is -2.23. The SMILES string of the molecule is CC#CCNC(=O)CCCC(=O)O. The second kappa shape index (κ2) is 7.17. The zero-order valence-electron chi connectivity index (χ0n) is 7.59. The standard InChI is InChI=1S/C9H13NO3/c1-2-3-7-10-8(11)5-4-6-9(12)13/h4-7H2,1H3,(H,10,11)(H,12,13). The number of carbonyl (C=O) groups is 2. The van der Waals surface area contributed by atoms with E-state index in [1.807, 2.05) is 0 Å². The van der Waals surface area contributed by atoms with E-state index in [1.54, 1.807) is 6.92 Å². The molecule has 0 spiro atoms. The second-order valence-corrected chi connectivity index (χ2v) is 2.45. The Morgan fingerprint density at radius 2 is 2.08 bits per heavy atom. The zero-order valence-corrected chi connectivity index (χ0v) is 7.59. The Kier molecular flexibility index (Phi) is 6.34. The van der Waals surface area contributed by atoms with Crippen LogP contribution in [0.5, 0.6) is 0 Å². The summed E-state index contributed by atoms with van der Waals surface area (Å²) in [6.45, 7) is 2.03. The lowest BCUT2D eigenvalue weighted by atomic mass is 10.2. The van der Waals surface area contributed by atoms with Gasteiger partial charge in [-0.1, -0.05) is 5.92 Å². The van der Waals surface area contributed by atoms with Crippen LogP contribution in [0.4, 0.5) is 0 Å². The van der Waals surface area contributed by atoms with Gasteiger partial charge in [-0.3, -0.25) is 9.59 Å². The predicted molar refractivity (Wildman–Crippen MR) is 47.9 cm³/mol. The number of nitrogens with one attached hydrogen (secondary N) is 1. The molecule has 0 fully saturated rings. The highest BCUT2D eigenvalue weighted by molar-refractivity contribution is 5.76. The number of hydrogen-bond donors (Lipinski definition) is 2. The molecule has 0 atom stereocenters. The summed E-state index contributed by atoms with van der Waals surface area (Å²) in [6, 6.07) is 0. The van der Waals surface area contributed by atoms with Gasteiger partial charge in [-0.25, -0.2) is 0 Å². The molecule has 0 bridgehead atoms. The second-order valence-electron chi connectivity index (χ2n) is 2.45. The van der Waals surface area contributed by atoms with E-state index in [4.69, 9.17) is 5.11 Å². The van der Waals surface area contributed by atoms with E-state index >= 15 is 0 Å². The molecule has 0 aliphatic heterocycles. The van der Waals surface area contributed by atoms with Gasteiger partial charge in [-0.05, 0) is 13.3 Å². The largest absolute Gasteiger partial charge is 0.481 e. The van der Waals surface area contributed by atoms with Crippen molar-refractivity contribution in [2.45, 2.75) is 26.2 Å². The van der Waals surface area contributed by atoms with E-state index in [2.05, 4.69) is 17.2 Å². The van der Waals surface area contributed by atoms with E-state index in [9.17, 15) is 9.59 Å². The Balaban J connectivity index is 3.39. The Morgan fingerprint density at radius 1 is 1.38 bits per heavy atom. The van der Waals surface area contributed by atoms with Gasteiger partial charge < -0.3 is 10.4 Å². The van der Waals surface area contributed by atoms with Crippen molar-refractivity contribution in [1.82, 2.24) is 5.32 Å². The summed E-state index contributed by atoms with van der Waals surface area (Å²) < 4.78 is 0. The van der Waals surface area contributed by atoms with Crippen molar-refractivity contribution < 1.29 is 14.7 Å². The van der Waals surface area contributed by atoms with Crippen LogP contribution in [0.1, 0.15) is 26.2 Å². The lowest BCUT2D eigenvalue weighted by Gasteiger charge is -1.98. The Hall–Kier alpha value is -1.50. The van der Waals surface area contributed by atoms with Crippen molar-refractivity contribution in [3.63, 3.8) is 0 Å². The van der Waals surface area contributed by atoms with Gasteiger partial charge in [-0.2, -0.15) is 0 Å². The van der Waals surface area contributed by atoms with Crippen molar-refractivity contribution in [2.24, 2.45) is 0 Å². The fourth-order valence-electron chi connectivity index (χ4n) is 0.720. The molecule has 0 aromatic rings. The first-order valence-corrected chi connectivity index (χ1v) is 4.05. The number of hydrogen-bond acceptors (Lipinski definition) is 2. The molecule has 0 rings (SSSR count). The molecule has 0 saturated heterocycles. The molecule has 13 heavy (non-hydrogen) atoms. The molecule has 4 nitrogen and oxygen atoms in total. The molecule has 1 amide bonds. The first-order chi connectivity index (χ1) is 6.16. The van der Waals surface area contributed by atoms with E-state index in [1.165, 1.54) is 0 Å². The van der Waals surface area contributed by atoms with E-state index in [-0.39, 0.29) is 18.7 Å². The van der Waals surface area contributed by atoms with Gasteiger partial charge in [0.25, 0.3) is 0 Å². The Bertz CT molecular complexity index is 237. The maximum Gasteiger partial charge on any atom is 0.303 e. The van der Waals surface area contributed by atoms with Crippen LogP contribution in [0.25, 0.3) is 0 Å². The molecule has 0 aliphatic rings. The molecule has 0 aromatic carbocycles. The van der Waals surface area contributed by atoms with Crippen LogP contribution in [0.15, 0.2) is 0 Å². The van der Waals surface area contributed by atoms with Gasteiger partial charge in [0.1, 0.15) is 0 Å². The highest BCUT2D eigenvalue weighted by Gasteiger charge is 2.01. The number of carboxylic acids is 1.